The van der Waals surface area contributed by atoms with Crippen molar-refractivity contribution in [2.45, 2.75) is 6.92 Å². The second-order valence-corrected chi connectivity index (χ2v) is 17.7. The van der Waals surface area contributed by atoms with E-state index in [4.69, 9.17) is 78.9 Å². The molecule has 0 spiro atoms. The van der Waals surface area contributed by atoms with Crippen LogP contribution in [-0.4, -0.2) is 22.8 Å². The van der Waals surface area contributed by atoms with Gasteiger partial charge < -0.3 is 0 Å². The third kappa shape index (κ3) is 50.6. The van der Waals surface area contributed by atoms with Gasteiger partial charge >= 0.3 is 58.4 Å². The third-order valence-electron chi connectivity index (χ3n) is 0.940. The summed E-state index contributed by atoms with van der Waals surface area (Å²) in [5.74, 6) is 0. The zero-order valence-electron chi connectivity index (χ0n) is 9.07. The van der Waals surface area contributed by atoms with Crippen LogP contribution >= 0.6 is 78.9 Å². The Labute approximate surface area is 159 Å². The van der Waals surface area contributed by atoms with Crippen molar-refractivity contribution in [2.75, 3.05) is 0 Å². The van der Waals surface area contributed by atoms with Crippen LogP contribution in [0.1, 0.15) is 5.56 Å². The third-order valence-corrected chi connectivity index (χ3v) is 0.940. The summed E-state index contributed by atoms with van der Waals surface area (Å²) < 4.78 is 0. The maximum absolute atomic E-state index is 4.94. The first-order valence-corrected chi connectivity index (χ1v) is 18.9. The van der Waals surface area contributed by atoms with Crippen molar-refractivity contribution in [2.24, 2.45) is 0 Å². The molecule has 0 atom stereocenters. The molecule has 0 saturated carbocycles. The van der Waals surface area contributed by atoms with Crippen LogP contribution in [0.3, 0.4) is 0 Å². The molecule has 1 rings (SSSR count). The standard InChI is InChI=1S/C7H8.2Al.8ClH.Ti/c1-7-5-3-2-4-6-7;;;;;;;;;;;/h2-6H,1H3;;;8*1H;/q;2*+3;;;;;;;;;+2/p-8. The molecule has 0 N–H and O–H groups in total. The average molecular weight is 478 g/mol. The Bertz CT molecular complexity index is 227. The molecule has 1 aromatic rings. The molecule has 102 valence electrons. The molecule has 0 aromatic heterocycles. The molecule has 0 amide bonds. The summed E-state index contributed by atoms with van der Waals surface area (Å²) in [6.07, 6.45) is 0. The normalized spacial score (nSPS) is 7.17. The number of hydrogen-bond donors (Lipinski definition) is 0. The van der Waals surface area contributed by atoms with E-state index in [1.165, 1.54) is 5.56 Å². The van der Waals surface area contributed by atoms with Crippen LogP contribution in [0, 0.1) is 6.92 Å². The van der Waals surface area contributed by atoms with E-state index in [0.717, 1.165) is 0 Å². The Balaban J connectivity index is -0.000000180. The molecular formula is C7H8Al2Cl8Ti. The van der Waals surface area contributed by atoms with Crippen LogP contribution in [0.15, 0.2) is 30.3 Å². The van der Waals surface area contributed by atoms with Gasteiger partial charge in [-0.05, 0) is 6.92 Å². The monoisotopic (exact) mass is 474 g/mol. The Hall–Kier alpha value is 3.32. The number of aryl methyl sites for hydroxylation is 1. The van der Waals surface area contributed by atoms with Gasteiger partial charge in [0.25, 0.3) is 0 Å². The molecule has 1 aromatic carbocycles. The van der Waals surface area contributed by atoms with E-state index in [2.05, 4.69) is 19.1 Å². The minimum absolute atomic E-state index is 0.556. The minimum atomic E-state index is -1.72. The Morgan fingerprint density at radius 3 is 1.11 bits per heavy atom. The molecule has 0 radical (unpaired) electrons. The fourth-order valence-electron chi connectivity index (χ4n) is 0.534. The first-order valence-electron chi connectivity index (χ1n) is 4.10. The number of hydrogen-bond acceptors (Lipinski definition) is 0. The molecule has 0 nitrogen and oxygen atoms in total. The van der Waals surface area contributed by atoms with Crippen LogP contribution in [-0.2, 0) is 17.0 Å². The van der Waals surface area contributed by atoms with Gasteiger partial charge in [0.1, 0.15) is 0 Å². The van der Waals surface area contributed by atoms with Crippen molar-refractivity contribution in [3.05, 3.63) is 35.9 Å². The van der Waals surface area contributed by atoms with Gasteiger partial charge in [0.15, 0.2) is 0 Å². The molecular weight excluding hydrogens is 470 g/mol. The van der Waals surface area contributed by atoms with Crippen molar-refractivity contribution in [3.63, 3.8) is 0 Å². The van der Waals surface area contributed by atoms with Crippen LogP contribution in [0.2, 0.25) is 0 Å². The second-order valence-electron chi connectivity index (χ2n) is 2.22. The SMILES string of the molecule is Cc1ccccc1.[Cl][Al]([Cl])[Cl].[Cl][Al]([Cl])[Cl].[Cl][Ti][Cl]. The van der Waals surface area contributed by atoms with Crippen molar-refractivity contribution < 1.29 is 17.0 Å². The van der Waals surface area contributed by atoms with E-state index in [9.17, 15) is 0 Å². The summed E-state index contributed by atoms with van der Waals surface area (Å²) in [6, 6.07) is 10.3. The fraction of sp³-hybridized carbons (Fsp3) is 0.143. The molecule has 0 heterocycles. The molecule has 0 bridgehead atoms. The Kier molecular flexibility index (Phi) is 32.9. The van der Waals surface area contributed by atoms with Crippen molar-refractivity contribution in [1.29, 1.82) is 0 Å². The van der Waals surface area contributed by atoms with Gasteiger partial charge in [-0.2, -0.15) is 0 Å². The van der Waals surface area contributed by atoms with Crippen LogP contribution in [0.25, 0.3) is 0 Å². The Morgan fingerprint density at radius 2 is 1.00 bits per heavy atom. The second kappa shape index (κ2) is 22.6. The van der Waals surface area contributed by atoms with E-state index >= 15 is 0 Å². The first-order chi connectivity index (χ1) is 8.27. The molecule has 0 aliphatic heterocycles. The fourth-order valence-corrected chi connectivity index (χ4v) is 0.534. The molecule has 11 heteroatoms. The van der Waals surface area contributed by atoms with Crippen LogP contribution in [0.4, 0.5) is 0 Å². The van der Waals surface area contributed by atoms with E-state index in [1.807, 2.05) is 18.2 Å². The van der Waals surface area contributed by atoms with Gasteiger partial charge in [-0.15, -0.1) is 0 Å². The summed E-state index contributed by atoms with van der Waals surface area (Å²) in [6.45, 7) is 2.08. The van der Waals surface area contributed by atoms with Crippen molar-refractivity contribution in [1.82, 2.24) is 0 Å². The van der Waals surface area contributed by atoms with E-state index < -0.39 is 39.8 Å². The van der Waals surface area contributed by atoms with Gasteiger partial charge in [0.2, 0.25) is 0 Å². The number of benzene rings is 1. The summed E-state index contributed by atoms with van der Waals surface area (Å²) >= 11 is -4.00. The zero-order chi connectivity index (χ0) is 15.0. The number of rotatable bonds is 0. The quantitative estimate of drug-likeness (QED) is 0.363. The van der Waals surface area contributed by atoms with E-state index in [0.29, 0.717) is 0 Å². The summed E-state index contributed by atoms with van der Waals surface area (Å²) in [5, 5.41) is 0. The molecule has 18 heavy (non-hydrogen) atoms. The van der Waals surface area contributed by atoms with E-state index in [-0.39, 0.29) is 0 Å². The Morgan fingerprint density at radius 1 is 0.778 bits per heavy atom. The molecule has 0 saturated heterocycles. The van der Waals surface area contributed by atoms with Gasteiger partial charge in [0, 0.05) is 0 Å². The predicted octanol–water partition coefficient (Wildman–Crippen LogP) is 6.75. The molecule has 0 unspecified atom stereocenters. The maximum atomic E-state index is 4.94. The van der Waals surface area contributed by atoms with Gasteiger partial charge in [-0.3, -0.25) is 0 Å². The van der Waals surface area contributed by atoms with Gasteiger partial charge in [-0.25, -0.2) is 60.3 Å². The average Bonchev–Trinajstić information content (AvgIpc) is 2.18. The van der Waals surface area contributed by atoms with Gasteiger partial charge in [0.05, 0.1) is 0 Å². The molecule has 0 aliphatic carbocycles. The molecule has 0 fully saturated rings. The molecule has 0 aliphatic rings. The topological polar surface area (TPSA) is 0 Å². The zero-order valence-corrected chi connectivity index (χ0v) is 19.0. The van der Waals surface area contributed by atoms with Gasteiger partial charge in [-0.1, -0.05) is 35.9 Å². The summed E-state index contributed by atoms with van der Waals surface area (Å²) in [4.78, 5) is 0. The first kappa shape index (κ1) is 26.2. The van der Waals surface area contributed by atoms with E-state index in [1.54, 1.807) is 0 Å². The van der Waals surface area contributed by atoms with Crippen LogP contribution in [0.5, 0.6) is 0 Å². The summed E-state index contributed by atoms with van der Waals surface area (Å²) in [5.41, 5.74) is 1.32. The van der Waals surface area contributed by atoms with Crippen LogP contribution < -0.4 is 0 Å². The summed E-state index contributed by atoms with van der Waals surface area (Å²) in [7, 11) is 39.4. The predicted molar refractivity (Wildman–Crippen MR) is 89.5 cm³/mol. The van der Waals surface area contributed by atoms with Crippen molar-refractivity contribution >= 4 is 102 Å². The number of halogens is 8. The van der Waals surface area contributed by atoms with Crippen molar-refractivity contribution in [3.8, 4) is 0 Å².